The maximum atomic E-state index is 13.0. The Morgan fingerprint density at radius 1 is 1.38 bits per heavy atom. The highest BCUT2D eigenvalue weighted by atomic mass is 19.1. The zero-order chi connectivity index (χ0) is 14.7. The number of halogens is 1. The average Bonchev–Trinajstić information content (AvgIpc) is 2.49. The van der Waals surface area contributed by atoms with Gasteiger partial charge in [-0.05, 0) is 37.0 Å². The van der Waals surface area contributed by atoms with E-state index in [0.717, 1.165) is 45.7 Å². The van der Waals surface area contributed by atoms with Crippen molar-refractivity contribution in [3.8, 4) is 0 Å². The molecule has 0 unspecified atom stereocenters. The molecular formula is C17H24FNO2. The lowest BCUT2D eigenvalue weighted by molar-refractivity contribution is -0.149. The summed E-state index contributed by atoms with van der Waals surface area (Å²) in [4.78, 5) is 2.46. The van der Waals surface area contributed by atoms with E-state index in [1.807, 2.05) is 12.1 Å². The molecule has 1 aromatic rings. The van der Waals surface area contributed by atoms with Crippen LogP contribution >= 0.6 is 0 Å². The van der Waals surface area contributed by atoms with Crippen LogP contribution in [0.4, 0.5) is 4.39 Å². The van der Waals surface area contributed by atoms with Gasteiger partial charge in [0.05, 0.1) is 12.7 Å². The summed E-state index contributed by atoms with van der Waals surface area (Å²) in [6.45, 7) is 4.56. The molecule has 2 fully saturated rings. The summed E-state index contributed by atoms with van der Waals surface area (Å²) in [7, 11) is 1.78. The Morgan fingerprint density at radius 2 is 2.19 bits per heavy atom. The van der Waals surface area contributed by atoms with E-state index in [9.17, 15) is 4.39 Å². The largest absolute Gasteiger partial charge is 0.384 e. The maximum Gasteiger partial charge on any atom is 0.123 e. The Hall–Kier alpha value is -0.970. The standard InChI is InChI=1S/C17H24FNO2/c1-20-13-17-8-2-10-21-16(17)7-9-19(12-17)11-14-3-5-15(18)6-4-14/h3-6,16H,2,7-13H2,1H3/t16-,17+/m1/s1. The van der Waals surface area contributed by atoms with Gasteiger partial charge >= 0.3 is 0 Å². The number of piperidine rings is 1. The highest BCUT2D eigenvalue weighted by molar-refractivity contribution is 5.16. The monoisotopic (exact) mass is 293 g/mol. The summed E-state index contributed by atoms with van der Waals surface area (Å²) in [6, 6.07) is 6.83. The SMILES string of the molecule is COC[C@@]12CCCO[C@@H]1CCN(Cc1ccc(F)cc1)C2. The first-order valence-corrected chi connectivity index (χ1v) is 7.79. The Bertz CT molecular complexity index is 460. The summed E-state index contributed by atoms with van der Waals surface area (Å²) in [5.41, 5.74) is 1.30. The van der Waals surface area contributed by atoms with Crippen LogP contribution in [0.1, 0.15) is 24.8 Å². The number of likely N-dealkylation sites (tertiary alicyclic amines) is 1. The van der Waals surface area contributed by atoms with Crippen LogP contribution in [0.5, 0.6) is 0 Å². The van der Waals surface area contributed by atoms with Crippen molar-refractivity contribution in [2.24, 2.45) is 5.41 Å². The first-order chi connectivity index (χ1) is 10.2. The van der Waals surface area contributed by atoms with Crippen LogP contribution in [0.15, 0.2) is 24.3 Å². The van der Waals surface area contributed by atoms with Crippen LogP contribution in [-0.4, -0.2) is 44.4 Å². The van der Waals surface area contributed by atoms with E-state index in [0.29, 0.717) is 6.10 Å². The van der Waals surface area contributed by atoms with Crippen molar-refractivity contribution in [2.75, 3.05) is 33.4 Å². The smallest absolute Gasteiger partial charge is 0.123 e. The molecule has 0 aromatic heterocycles. The first-order valence-electron chi connectivity index (χ1n) is 7.79. The van der Waals surface area contributed by atoms with E-state index < -0.39 is 0 Å². The van der Waals surface area contributed by atoms with Crippen molar-refractivity contribution in [2.45, 2.75) is 31.9 Å². The van der Waals surface area contributed by atoms with Gasteiger partial charge in [0.15, 0.2) is 0 Å². The lowest BCUT2D eigenvalue weighted by atomic mass is 9.73. The predicted molar refractivity (Wildman–Crippen MR) is 79.6 cm³/mol. The van der Waals surface area contributed by atoms with Gasteiger partial charge in [-0.1, -0.05) is 12.1 Å². The number of benzene rings is 1. The van der Waals surface area contributed by atoms with E-state index >= 15 is 0 Å². The highest BCUT2D eigenvalue weighted by Crippen LogP contribution is 2.40. The molecule has 1 aromatic carbocycles. The number of methoxy groups -OCH3 is 1. The average molecular weight is 293 g/mol. The zero-order valence-electron chi connectivity index (χ0n) is 12.7. The molecule has 0 aliphatic carbocycles. The fourth-order valence-electron chi connectivity index (χ4n) is 3.86. The maximum absolute atomic E-state index is 13.0. The molecule has 4 heteroatoms. The Morgan fingerprint density at radius 3 is 2.95 bits per heavy atom. The zero-order valence-corrected chi connectivity index (χ0v) is 12.7. The van der Waals surface area contributed by atoms with Gasteiger partial charge in [-0.3, -0.25) is 4.90 Å². The second-order valence-electron chi connectivity index (χ2n) is 6.38. The predicted octanol–water partition coefficient (Wildman–Crippen LogP) is 2.84. The summed E-state index contributed by atoms with van der Waals surface area (Å²) in [5.74, 6) is -0.172. The minimum absolute atomic E-state index is 0.130. The highest BCUT2D eigenvalue weighted by Gasteiger charge is 2.45. The molecule has 0 saturated carbocycles. The molecular weight excluding hydrogens is 269 g/mol. The topological polar surface area (TPSA) is 21.7 Å². The second kappa shape index (κ2) is 6.42. The van der Waals surface area contributed by atoms with Crippen LogP contribution in [0, 0.1) is 11.2 Å². The van der Waals surface area contributed by atoms with Crippen molar-refractivity contribution in [1.82, 2.24) is 4.90 Å². The number of fused-ring (bicyclic) bond motifs is 1. The van der Waals surface area contributed by atoms with Gasteiger partial charge in [0.2, 0.25) is 0 Å². The quantitative estimate of drug-likeness (QED) is 0.852. The molecule has 0 spiro atoms. The Kier molecular flexibility index (Phi) is 4.57. The lowest BCUT2D eigenvalue weighted by Crippen LogP contribution is -2.56. The molecule has 2 saturated heterocycles. The van der Waals surface area contributed by atoms with Gasteiger partial charge in [-0.2, -0.15) is 0 Å². The van der Waals surface area contributed by atoms with Crippen LogP contribution < -0.4 is 0 Å². The summed E-state index contributed by atoms with van der Waals surface area (Å²) in [5, 5.41) is 0. The second-order valence-corrected chi connectivity index (χ2v) is 6.38. The minimum Gasteiger partial charge on any atom is -0.384 e. The van der Waals surface area contributed by atoms with Gasteiger partial charge in [0, 0.05) is 38.8 Å². The third kappa shape index (κ3) is 3.28. The lowest BCUT2D eigenvalue weighted by Gasteiger charge is -2.50. The fourth-order valence-corrected chi connectivity index (χ4v) is 3.86. The fraction of sp³-hybridized carbons (Fsp3) is 0.647. The molecule has 2 aliphatic heterocycles. The van der Waals surface area contributed by atoms with Gasteiger partial charge < -0.3 is 9.47 Å². The van der Waals surface area contributed by atoms with Crippen molar-refractivity contribution in [3.63, 3.8) is 0 Å². The van der Waals surface area contributed by atoms with E-state index in [2.05, 4.69) is 4.90 Å². The molecule has 3 rings (SSSR count). The molecule has 2 heterocycles. The van der Waals surface area contributed by atoms with Crippen molar-refractivity contribution in [3.05, 3.63) is 35.6 Å². The molecule has 2 atom stereocenters. The molecule has 2 aliphatic rings. The number of ether oxygens (including phenoxy) is 2. The molecule has 0 N–H and O–H groups in total. The molecule has 3 nitrogen and oxygen atoms in total. The third-order valence-corrected chi connectivity index (χ3v) is 4.82. The third-order valence-electron chi connectivity index (χ3n) is 4.82. The molecule has 0 bridgehead atoms. The van der Waals surface area contributed by atoms with Gasteiger partial charge in [0.25, 0.3) is 0 Å². The normalized spacial score (nSPS) is 30.1. The molecule has 0 amide bonds. The molecule has 0 radical (unpaired) electrons. The van der Waals surface area contributed by atoms with E-state index in [1.165, 1.54) is 24.1 Å². The summed E-state index contributed by atoms with van der Waals surface area (Å²) >= 11 is 0. The minimum atomic E-state index is -0.172. The van der Waals surface area contributed by atoms with Crippen molar-refractivity contribution in [1.29, 1.82) is 0 Å². The Balaban J connectivity index is 1.69. The number of hydrogen-bond acceptors (Lipinski definition) is 3. The van der Waals surface area contributed by atoms with Crippen molar-refractivity contribution >= 4 is 0 Å². The summed E-state index contributed by atoms with van der Waals surface area (Å²) in [6.07, 6.45) is 3.68. The van der Waals surface area contributed by atoms with Gasteiger partial charge in [-0.25, -0.2) is 4.39 Å². The van der Waals surface area contributed by atoms with Crippen LogP contribution in [-0.2, 0) is 16.0 Å². The number of nitrogens with zero attached hydrogens (tertiary/aromatic N) is 1. The Labute approximate surface area is 126 Å². The molecule has 116 valence electrons. The summed E-state index contributed by atoms with van der Waals surface area (Å²) < 4.78 is 24.5. The number of rotatable bonds is 4. The van der Waals surface area contributed by atoms with Crippen molar-refractivity contribution < 1.29 is 13.9 Å². The van der Waals surface area contributed by atoms with E-state index in [1.54, 1.807) is 7.11 Å². The van der Waals surface area contributed by atoms with E-state index in [-0.39, 0.29) is 11.2 Å². The van der Waals surface area contributed by atoms with Gasteiger partial charge in [-0.15, -0.1) is 0 Å². The van der Waals surface area contributed by atoms with Crippen LogP contribution in [0.25, 0.3) is 0 Å². The molecule has 21 heavy (non-hydrogen) atoms. The first kappa shape index (κ1) is 14.9. The van der Waals surface area contributed by atoms with Crippen LogP contribution in [0.2, 0.25) is 0 Å². The van der Waals surface area contributed by atoms with Crippen LogP contribution in [0.3, 0.4) is 0 Å². The van der Waals surface area contributed by atoms with Gasteiger partial charge in [0.1, 0.15) is 5.82 Å². The van der Waals surface area contributed by atoms with E-state index in [4.69, 9.17) is 9.47 Å². The number of hydrogen-bond donors (Lipinski definition) is 0.